The van der Waals surface area contributed by atoms with Gasteiger partial charge in [0.25, 0.3) is 0 Å². The summed E-state index contributed by atoms with van der Waals surface area (Å²) < 4.78 is 0. The Kier molecular flexibility index (Phi) is 4.27. The molecule has 0 aliphatic carbocycles. The van der Waals surface area contributed by atoms with E-state index in [4.69, 9.17) is 0 Å². The maximum absolute atomic E-state index is 11.9. The number of hydrogen-bond acceptors (Lipinski definition) is 2. The van der Waals surface area contributed by atoms with Crippen molar-refractivity contribution in [2.24, 2.45) is 5.41 Å². The first-order valence-corrected chi connectivity index (χ1v) is 7.27. The van der Waals surface area contributed by atoms with Crippen LogP contribution < -0.4 is 0 Å². The highest BCUT2D eigenvalue weighted by Gasteiger charge is 2.44. The summed E-state index contributed by atoms with van der Waals surface area (Å²) in [6.07, 6.45) is 5.72. The van der Waals surface area contributed by atoms with Gasteiger partial charge in [-0.25, -0.2) is 0 Å². The van der Waals surface area contributed by atoms with Gasteiger partial charge in [0.05, 0.1) is 0 Å². The Morgan fingerprint density at radius 1 is 1.42 bits per heavy atom. The molecular formula is C15H24N2O2. The van der Waals surface area contributed by atoms with Crippen molar-refractivity contribution in [3.05, 3.63) is 12.7 Å². The van der Waals surface area contributed by atoms with E-state index in [0.29, 0.717) is 12.8 Å². The normalized spacial score (nSPS) is 22.1. The molecule has 2 aliphatic heterocycles. The summed E-state index contributed by atoms with van der Waals surface area (Å²) in [5.74, 6) is 0.514. The van der Waals surface area contributed by atoms with Crippen LogP contribution in [-0.2, 0) is 9.59 Å². The maximum Gasteiger partial charge on any atom is 0.223 e. The van der Waals surface area contributed by atoms with E-state index in [1.54, 1.807) is 6.08 Å². The van der Waals surface area contributed by atoms with Crippen LogP contribution in [0.25, 0.3) is 0 Å². The van der Waals surface area contributed by atoms with Crippen LogP contribution in [0, 0.1) is 5.41 Å². The highest BCUT2D eigenvalue weighted by atomic mass is 16.2. The van der Waals surface area contributed by atoms with Crippen LogP contribution in [0.5, 0.6) is 0 Å². The Hall–Kier alpha value is -1.32. The second kappa shape index (κ2) is 5.76. The standard InChI is InChI=1S/C15H24N2O2/c1-3-5-6-13(18)17-9-7-15(8-10-17)11-14(19)16(4-2)12-15/h3H,1,4-12H2,2H3. The topological polar surface area (TPSA) is 40.6 Å². The van der Waals surface area contributed by atoms with Crippen molar-refractivity contribution in [1.29, 1.82) is 0 Å². The number of likely N-dealkylation sites (tertiary alicyclic amines) is 2. The molecule has 4 nitrogen and oxygen atoms in total. The van der Waals surface area contributed by atoms with Crippen molar-refractivity contribution >= 4 is 11.8 Å². The monoisotopic (exact) mass is 264 g/mol. The number of carbonyl (C=O) groups excluding carboxylic acids is 2. The largest absolute Gasteiger partial charge is 0.343 e. The van der Waals surface area contributed by atoms with Crippen LogP contribution in [0.3, 0.4) is 0 Å². The summed E-state index contributed by atoms with van der Waals surface area (Å²) in [5, 5.41) is 0. The molecule has 0 unspecified atom stereocenters. The Morgan fingerprint density at radius 3 is 2.63 bits per heavy atom. The molecule has 4 heteroatoms. The van der Waals surface area contributed by atoms with Gasteiger partial charge >= 0.3 is 0 Å². The van der Waals surface area contributed by atoms with Crippen molar-refractivity contribution in [3.63, 3.8) is 0 Å². The molecular weight excluding hydrogens is 240 g/mol. The number of rotatable bonds is 4. The number of allylic oxidation sites excluding steroid dienone is 1. The maximum atomic E-state index is 11.9. The van der Waals surface area contributed by atoms with E-state index in [9.17, 15) is 9.59 Å². The fraction of sp³-hybridized carbons (Fsp3) is 0.733. The van der Waals surface area contributed by atoms with Gasteiger partial charge in [0.2, 0.25) is 11.8 Å². The van der Waals surface area contributed by atoms with E-state index in [1.807, 2.05) is 16.7 Å². The number of carbonyl (C=O) groups is 2. The minimum absolute atomic E-state index is 0.141. The molecule has 0 radical (unpaired) electrons. The molecule has 2 aliphatic rings. The minimum atomic E-state index is 0.141. The minimum Gasteiger partial charge on any atom is -0.343 e. The van der Waals surface area contributed by atoms with Gasteiger partial charge in [-0.1, -0.05) is 6.08 Å². The fourth-order valence-electron chi connectivity index (χ4n) is 3.22. The first-order chi connectivity index (χ1) is 9.10. The van der Waals surface area contributed by atoms with Gasteiger partial charge in [-0.2, -0.15) is 0 Å². The molecule has 2 heterocycles. The Balaban J connectivity index is 1.87. The highest BCUT2D eigenvalue weighted by Crippen LogP contribution is 2.40. The molecule has 19 heavy (non-hydrogen) atoms. The molecule has 0 N–H and O–H groups in total. The smallest absolute Gasteiger partial charge is 0.223 e. The second-order valence-electron chi connectivity index (χ2n) is 5.79. The van der Waals surface area contributed by atoms with Crippen LogP contribution in [0.15, 0.2) is 12.7 Å². The Labute approximate surface area is 115 Å². The average molecular weight is 264 g/mol. The van der Waals surface area contributed by atoms with Gasteiger partial charge in [-0.3, -0.25) is 9.59 Å². The van der Waals surface area contributed by atoms with Crippen molar-refractivity contribution in [2.75, 3.05) is 26.2 Å². The molecule has 2 amide bonds. The molecule has 0 aromatic carbocycles. The van der Waals surface area contributed by atoms with Crippen molar-refractivity contribution in [2.45, 2.75) is 39.0 Å². The van der Waals surface area contributed by atoms with E-state index < -0.39 is 0 Å². The number of piperidine rings is 1. The van der Waals surface area contributed by atoms with E-state index in [-0.39, 0.29) is 17.2 Å². The summed E-state index contributed by atoms with van der Waals surface area (Å²) in [6.45, 7) is 8.99. The van der Waals surface area contributed by atoms with Crippen LogP contribution in [-0.4, -0.2) is 47.8 Å². The molecule has 0 atom stereocenters. The average Bonchev–Trinajstić information content (AvgIpc) is 2.73. The summed E-state index contributed by atoms with van der Waals surface area (Å²) in [6, 6.07) is 0. The molecule has 2 rings (SSSR count). The van der Waals surface area contributed by atoms with Gasteiger partial charge < -0.3 is 9.80 Å². The van der Waals surface area contributed by atoms with E-state index >= 15 is 0 Å². The van der Waals surface area contributed by atoms with Crippen LogP contribution in [0.1, 0.15) is 39.0 Å². The first kappa shape index (κ1) is 14.1. The third-order valence-electron chi connectivity index (χ3n) is 4.53. The Morgan fingerprint density at radius 2 is 2.11 bits per heavy atom. The van der Waals surface area contributed by atoms with Gasteiger partial charge in [0.15, 0.2) is 0 Å². The summed E-state index contributed by atoms with van der Waals surface area (Å²) >= 11 is 0. The van der Waals surface area contributed by atoms with Gasteiger partial charge in [0.1, 0.15) is 0 Å². The van der Waals surface area contributed by atoms with Gasteiger partial charge in [-0.05, 0) is 26.2 Å². The lowest BCUT2D eigenvalue weighted by Gasteiger charge is -2.38. The zero-order valence-electron chi connectivity index (χ0n) is 11.9. The van der Waals surface area contributed by atoms with E-state index in [0.717, 1.165) is 45.4 Å². The fourth-order valence-corrected chi connectivity index (χ4v) is 3.22. The Bertz CT molecular complexity index is 370. The zero-order chi connectivity index (χ0) is 13.9. The lowest BCUT2D eigenvalue weighted by Crippen LogP contribution is -2.44. The number of amides is 2. The third-order valence-corrected chi connectivity index (χ3v) is 4.53. The van der Waals surface area contributed by atoms with Crippen molar-refractivity contribution < 1.29 is 9.59 Å². The number of hydrogen-bond donors (Lipinski definition) is 0. The zero-order valence-corrected chi connectivity index (χ0v) is 11.9. The predicted molar refractivity (Wildman–Crippen MR) is 74.5 cm³/mol. The van der Waals surface area contributed by atoms with Gasteiger partial charge in [-0.15, -0.1) is 6.58 Å². The number of nitrogens with zero attached hydrogens (tertiary/aromatic N) is 2. The second-order valence-corrected chi connectivity index (χ2v) is 5.79. The molecule has 0 aromatic rings. The molecule has 0 saturated carbocycles. The SMILES string of the molecule is C=CCCC(=O)N1CCC2(CC1)CC(=O)N(CC)C2. The molecule has 0 bridgehead atoms. The predicted octanol–water partition coefficient (Wildman–Crippen LogP) is 1.81. The lowest BCUT2D eigenvalue weighted by molar-refractivity contribution is -0.133. The molecule has 2 saturated heterocycles. The van der Waals surface area contributed by atoms with Crippen LogP contribution >= 0.6 is 0 Å². The summed E-state index contributed by atoms with van der Waals surface area (Å²) in [4.78, 5) is 27.7. The van der Waals surface area contributed by atoms with E-state index in [1.165, 1.54) is 0 Å². The summed E-state index contributed by atoms with van der Waals surface area (Å²) in [5.41, 5.74) is 0.141. The van der Waals surface area contributed by atoms with Crippen molar-refractivity contribution in [1.82, 2.24) is 9.80 Å². The quantitative estimate of drug-likeness (QED) is 0.727. The molecule has 2 fully saturated rings. The summed E-state index contributed by atoms with van der Waals surface area (Å²) in [7, 11) is 0. The van der Waals surface area contributed by atoms with E-state index in [2.05, 4.69) is 6.58 Å². The van der Waals surface area contributed by atoms with Crippen molar-refractivity contribution in [3.8, 4) is 0 Å². The molecule has 106 valence electrons. The van der Waals surface area contributed by atoms with Gasteiger partial charge in [0, 0.05) is 44.4 Å². The first-order valence-electron chi connectivity index (χ1n) is 7.27. The lowest BCUT2D eigenvalue weighted by atomic mass is 9.77. The van der Waals surface area contributed by atoms with Crippen LogP contribution in [0.4, 0.5) is 0 Å². The highest BCUT2D eigenvalue weighted by molar-refractivity contribution is 5.80. The van der Waals surface area contributed by atoms with Crippen LogP contribution in [0.2, 0.25) is 0 Å². The molecule has 0 aromatic heterocycles. The third kappa shape index (κ3) is 2.99. The molecule has 1 spiro atoms.